The molecular weight excluding hydrogens is 398 g/mol. The Bertz CT molecular complexity index is 1270. The van der Waals surface area contributed by atoms with Crippen LogP contribution in [0.3, 0.4) is 0 Å². The van der Waals surface area contributed by atoms with E-state index in [9.17, 15) is 4.79 Å². The Morgan fingerprint density at radius 2 is 1.55 bits per heavy atom. The van der Waals surface area contributed by atoms with E-state index < -0.39 is 5.92 Å². The van der Waals surface area contributed by atoms with Crippen molar-refractivity contribution >= 4 is 11.9 Å². The molecule has 1 aromatic heterocycles. The minimum atomic E-state index is -0.568. The van der Waals surface area contributed by atoms with Crippen LogP contribution in [0.15, 0.2) is 71.1 Å². The van der Waals surface area contributed by atoms with E-state index in [-0.39, 0.29) is 24.6 Å². The normalized spacial score (nSPS) is 13.8. The van der Waals surface area contributed by atoms with Crippen molar-refractivity contribution in [3.8, 4) is 34.5 Å². The molecule has 0 radical (unpaired) electrons. The number of benzene rings is 3. The SMILES string of the molecule is O=C(Nc1nnc(-c2ccc3c(c2)OCO3)o1)C1c2ccccc2Oc2ccccc21. The first kappa shape index (κ1) is 17.5. The average Bonchev–Trinajstić information content (AvgIpc) is 3.46. The van der Waals surface area contributed by atoms with Crippen LogP contribution in [0.1, 0.15) is 17.0 Å². The van der Waals surface area contributed by atoms with E-state index >= 15 is 0 Å². The van der Waals surface area contributed by atoms with Crippen LogP contribution in [0, 0.1) is 0 Å². The van der Waals surface area contributed by atoms with Crippen molar-refractivity contribution in [3.05, 3.63) is 77.9 Å². The number of hydrogen-bond acceptors (Lipinski definition) is 7. The van der Waals surface area contributed by atoms with Gasteiger partial charge < -0.3 is 18.6 Å². The summed E-state index contributed by atoms with van der Waals surface area (Å²) in [6.07, 6.45) is 0. The summed E-state index contributed by atoms with van der Waals surface area (Å²) in [6, 6.07) is 20.3. The maximum absolute atomic E-state index is 13.3. The van der Waals surface area contributed by atoms with Crippen LogP contribution >= 0.6 is 0 Å². The fraction of sp³-hybridized carbons (Fsp3) is 0.0870. The summed E-state index contributed by atoms with van der Waals surface area (Å²) in [6.45, 7) is 0.179. The molecule has 2 aliphatic heterocycles. The molecule has 3 heterocycles. The van der Waals surface area contributed by atoms with Crippen LogP contribution in [-0.4, -0.2) is 22.9 Å². The molecule has 4 aromatic rings. The number of aromatic nitrogens is 2. The van der Waals surface area contributed by atoms with Crippen molar-refractivity contribution in [1.82, 2.24) is 10.2 Å². The standard InChI is InChI=1S/C23H15N3O5/c27-21(20-14-5-1-3-7-16(14)30-17-8-4-2-6-15(17)20)24-23-26-25-22(31-23)13-9-10-18-19(11-13)29-12-28-18/h1-11,20H,12H2,(H,24,26,27). The molecule has 0 atom stereocenters. The van der Waals surface area contributed by atoms with Gasteiger partial charge in [-0.3, -0.25) is 10.1 Å². The molecule has 0 saturated heterocycles. The van der Waals surface area contributed by atoms with E-state index in [1.807, 2.05) is 48.5 Å². The Kier molecular flexibility index (Phi) is 3.89. The minimum Gasteiger partial charge on any atom is -0.457 e. The summed E-state index contributed by atoms with van der Waals surface area (Å²) in [5.74, 6) is 1.97. The molecule has 2 aliphatic rings. The van der Waals surface area contributed by atoms with Crippen LogP contribution in [-0.2, 0) is 4.79 Å². The first-order valence-corrected chi connectivity index (χ1v) is 9.66. The number of hydrogen-bond donors (Lipinski definition) is 1. The van der Waals surface area contributed by atoms with Crippen molar-refractivity contribution < 1.29 is 23.4 Å². The third-order valence-electron chi connectivity index (χ3n) is 5.22. The summed E-state index contributed by atoms with van der Waals surface area (Å²) in [5.41, 5.74) is 2.21. The first-order valence-electron chi connectivity index (χ1n) is 9.66. The lowest BCUT2D eigenvalue weighted by Gasteiger charge is -2.26. The van der Waals surface area contributed by atoms with Gasteiger partial charge >= 0.3 is 6.01 Å². The number of nitrogens with zero attached hydrogens (tertiary/aromatic N) is 2. The van der Waals surface area contributed by atoms with Crippen LogP contribution in [0.5, 0.6) is 23.0 Å². The van der Waals surface area contributed by atoms with Gasteiger partial charge in [-0.15, -0.1) is 5.10 Å². The van der Waals surface area contributed by atoms with E-state index in [4.69, 9.17) is 18.6 Å². The molecule has 0 bridgehead atoms. The van der Waals surface area contributed by atoms with Gasteiger partial charge in [0.1, 0.15) is 11.5 Å². The van der Waals surface area contributed by atoms with Gasteiger partial charge in [-0.25, -0.2) is 0 Å². The second kappa shape index (κ2) is 6.88. The average molecular weight is 413 g/mol. The first-order chi connectivity index (χ1) is 15.3. The number of para-hydroxylation sites is 2. The highest BCUT2D eigenvalue weighted by atomic mass is 16.7. The molecule has 8 heteroatoms. The van der Waals surface area contributed by atoms with E-state index in [0.717, 1.165) is 11.1 Å². The molecule has 0 spiro atoms. The highest BCUT2D eigenvalue weighted by Gasteiger charge is 2.33. The molecule has 0 saturated carbocycles. The molecular formula is C23H15N3O5. The summed E-state index contributed by atoms with van der Waals surface area (Å²) in [4.78, 5) is 13.3. The zero-order chi connectivity index (χ0) is 20.8. The number of carbonyl (C=O) groups excluding carboxylic acids is 1. The van der Waals surface area contributed by atoms with E-state index in [0.29, 0.717) is 28.6 Å². The topological polar surface area (TPSA) is 95.7 Å². The molecule has 152 valence electrons. The summed E-state index contributed by atoms with van der Waals surface area (Å²) in [7, 11) is 0. The van der Waals surface area contributed by atoms with Gasteiger partial charge in [0, 0.05) is 16.7 Å². The van der Waals surface area contributed by atoms with Crippen molar-refractivity contribution in [2.75, 3.05) is 12.1 Å². The van der Waals surface area contributed by atoms with Gasteiger partial charge in [0.25, 0.3) is 0 Å². The highest BCUT2D eigenvalue weighted by molar-refractivity contribution is 5.98. The van der Waals surface area contributed by atoms with Gasteiger partial charge in [-0.05, 0) is 30.3 Å². The maximum Gasteiger partial charge on any atom is 0.322 e. The van der Waals surface area contributed by atoms with Crippen molar-refractivity contribution in [3.63, 3.8) is 0 Å². The van der Waals surface area contributed by atoms with Crippen LogP contribution in [0.2, 0.25) is 0 Å². The van der Waals surface area contributed by atoms with E-state index in [1.165, 1.54) is 0 Å². The van der Waals surface area contributed by atoms with Gasteiger partial charge in [0.05, 0.1) is 5.92 Å². The van der Waals surface area contributed by atoms with Gasteiger partial charge in [-0.2, -0.15) is 0 Å². The van der Waals surface area contributed by atoms with Gasteiger partial charge in [0.15, 0.2) is 11.5 Å². The van der Waals surface area contributed by atoms with Gasteiger partial charge in [0.2, 0.25) is 18.6 Å². The van der Waals surface area contributed by atoms with E-state index in [2.05, 4.69) is 15.5 Å². The zero-order valence-corrected chi connectivity index (χ0v) is 16.1. The predicted molar refractivity (Wildman–Crippen MR) is 109 cm³/mol. The number of amides is 1. The van der Waals surface area contributed by atoms with Crippen LogP contribution < -0.4 is 19.5 Å². The number of anilines is 1. The van der Waals surface area contributed by atoms with E-state index in [1.54, 1.807) is 18.2 Å². The Morgan fingerprint density at radius 3 is 2.32 bits per heavy atom. The third kappa shape index (κ3) is 2.96. The Labute approximate surface area is 176 Å². The van der Waals surface area contributed by atoms with Crippen molar-refractivity contribution in [1.29, 1.82) is 0 Å². The molecule has 8 nitrogen and oxygen atoms in total. The lowest BCUT2D eigenvalue weighted by molar-refractivity contribution is -0.117. The number of ether oxygens (including phenoxy) is 3. The second-order valence-electron chi connectivity index (χ2n) is 7.08. The minimum absolute atomic E-state index is 0.0131. The Balaban J connectivity index is 1.30. The fourth-order valence-corrected chi connectivity index (χ4v) is 3.79. The van der Waals surface area contributed by atoms with Crippen LogP contribution in [0.25, 0.3) is 11.5 Å². The number of nitrogens with one attached hydrogen (secondary N) is 1. The second-order valence-corrected chi connectivity index (χ2v) is 7.08. The largest absolute Gasteiger partial charge is 0.457 e. The molecule has 1 amide bonds. The quantitative estimate of drug-likeness (QED) is 0.534. The smallest absolute Gasteiger partial charge is 0.322 e. The third-order valence-corrected chi connectivity index (χ3v) is 5.22. The molecule has 6 rings (SSSR count). The molecule has 3 aromatic carbocycles. The summed E-state index contributed by atoms with van der Waals surface area (Å²) >= 11 is 0. The highest BCUT2D eigenvalue weighted by Crippen LogP contribution is 2.44. The molecule has 31 heavy (non-hydrogen) atoms. The molecule has 0 unspecified atom stereocenters. The molecule has 0 fully saturated rings. The molecule has 0 aliphatic carbocycles. The number of fused-ring (bicyclic) bond motifs is 3. The van der Waals surface area contributed by atoms with Crippen LogP contribution in [0.4, 0.5) is 6.01 Å². The maximum atomic E-state index is 13.3. The van der Waals surface area contributed by atoms with Crippen molar-refractivity contribution in [2.24, 2.45) is 0 Å². The number of carbonyl (C=O) groups is 1. The Morgan fingerprint density at radius 1 is 0.839 bits per heavy atom. The van der Waals surface area contributed by atoms with Crippen molar-refractivity contribution in [2.45, 2.75) is 5.92 Å². The van der Waals surface area contributed by atoms with Gasteiger partial charge in [-0.1, -0.05) is 41.5 Å². The fourth-order valence-electron chi connectivity index (χ4n) is 3.79. The monoisotopic (exact) mass is 413 g/mol. The molecule has 1 N–H and O–H groups in total. The lowest BCUT2D eigenvalue weighted by Crippen LogP contribution is -2.25. The zero-order valence-electron chi connectivity index (χ0n) is 16.1. The Hall–Kier alpha value is -4.33. The predicted octanol–water partition coefficient (Wildman–Crippen LogP) is 4.34. The summed E-state index contributed by atoms with van der Waals surface area (Å²) < 4.78 is 22.3. The number of rotatable bonds is 3. The summed E-state index contributed by atoms with van der Waals surface area (Å²) in [5, 5.41) is 10.8. The lowest BCUT2D eigenvalue weighted by atomic mass is 9.87.